The van der Waals surface area contributed by atoms with Crippen LogP contribution in [0.4, 0.5) is 0 Å². The third-order valence-corrected chi connectivity index (χ3v) is 2.28. The van der Waals surface area contributed by atoms with Gasteiger partial charge in [0, 0.05) is 5.75 Å². The lowest BCUT2D eigenvalue weighted by atomic mass is 10.1. The van der Waals surface area contributed by atoms with Gasteiger partial charge in [-0.1, -0.05) is 19.4 Å². The van der Waals surface area contributed by atoms with E-state index in [1.807, 2.05) is 6.08 Å². The molecule has 0 saturated carbocycles. The molecular weight excluding hydrogens is 146 g/mol. The minimum atomic E-state index is -1.14. The van der Waals surface area contributed by atoms with Gasteiger partial charge >= 0.3 is 0 Å². The number of rotatable bonds is 5. The first kappa shape index (κ1) is 9.85. The molecule has 0 radical (unpaired) electrons. The van der Waals surface area contributed by atoms with Crippen LogP contribution < -0.4 is 5.14 Å². The first-order valence-corrected chi connectivity index (χ1v) is 4.82. The molecule has 0 fully saturated rings. The summed E-state index contributed by atoms with van der Waals surface area (Å²) in [6.45, 7) is 5.69. The molecule has 0 aliphatic carbocycles. The Balaban J connectivity index is 3.59. The predicted molar refractivity (Wildman–Crippen MR) is 45.8 cm³/mol. The molecule has 2 unspecified atom stereocenters. The van der Waals surface area contributed by atoms with Crippen LogP contribution in [0.5, 0.6) is 0 Å². The largest absolute Gasteiger partial charge is 0.252 e. The van der Waals surface area contributed by atoms with Crippen molar-refractivity contribution in [3.05, 3.63) is 12.7 Å². The standard InChI is InChI=1S/C7H15NOS/c1-3-5-7(4-2)6-10(8)9/h3,7H,1,4-6,8H2,2H3. The molecule has 0 aromatic rings. The molecule has 0 spiro atoms. The van der Waals surface area contributed by atoms with E-state index in [0.717, 1.165) is 12.8 Å². The van der Waals surface area contributed by atoms with Gasteiger partial charge < -0.3 is 0 Å². The minimum Gasteiger partial charge on any atom is -0.252 e. The summed E-state index contributed by atoms with van der Waals surface area (Å²) in [5, 5.41) is 5.14. The van der Waals surface area contributed by atoms with Crippen molar-refractivity contribution >= 4 is 11.0 Å². The van der Waals surface area contributed by atoms with Crippen LogP contribution in [-0.4, -0.2) is 9.96 Å². The van der Waals surface area contributed by atoms with Gasteiger partial charge in [0.25, 0.3) is 0 Å². The SMILES string of the molecule is C=CCC(CC)CS(N)=O. The lowest BCUT2D eigenvalue weighted by molar-refractivity contribution is 0.571. The maximum Gasteiger partial charge on any atom is 0.0890 e. The molecule has 0 aromatic heterocycles. The third kappa shape index (κ3) is 4.70. The molecule has 2 nitrogen and oxygen atoms in total. The van der Waals surface area contributed by atoms with Crippen molar-refractivity contribution in [2.24, 2.45) is 11.1 Å². The second kappa shape index (κ2) is 5.62. The Labute approximate surface area is 65.1 Å². The van der Waals surface area contributed by atoms with E-state index in [1.165, 1.54) is 0 Å². The molecule has 0 bridgehead atoms. The predicted octanol–water partition coefficient (Wildman–Crippen LogP) is 1.21. The molecule has 2 atom stereocenters. The highest BCUT2D eigenvalue weighted by molar-refractivity contribution is 7.82. The Morgan fingerprint density at radius 2 is 2.40 bits per heavy atom. The summed E-state index contributed by atoms with van der Waals surface area (Å²) in [7, 11) is -1.14. The Morgan fingerprint density at radius 1 is 1.80 bits per heavy atom. The van der Waals surface area contributed by atoms with Crippen molar-refractivity contribution in [3.63, 3.8) is 0 Å². The fourth-order valence-electron chi connectivity index (χ4n) is 0.821. The zero-order chi connectivity index (χ0) is 7.98. The monoisotopic (exact) mass is 161 g/mol. The topological polar surface area (TPSA) is 43.1 Å². The quantitative estimate of drug-likeness (QED) is 0.605. The van der Waals surface area contributed by atoms with E-state index in [4.69, 9.17) is 5.14 Å². The lowest BCUT2D eigenvalue weighted by Gasteiger charge is -2.08. The Kier molecular flexibility index (Phi) is 5.54. The number of allylic oxidation sites excluding steroid dienone is 1. The van der Waals surface area contributed by atoms with Gasteiger partial charge in [0.15, 0.2) is 0 Å². The lowest BCUT2D eigenvalue weighted by Crippen LogP contribution is -2.15. The highest BCUT2D eigenvalue weighted by atomic mass is 32.2. The molecular formula is C7H15NOS. The summed E-state index contributed by atoms with van der Waals surface area (Å²) in [5.41, 5.74) is 0. The van der Waals surface area contributed by atoms with Crippen LogP contribution in [0.3, 0.4) is 0 Å². The van der Waals surface area contributed by atoms with E-state index < -0.39 is 11.0 Å². The van der Waals surface area contributed by atoms with E-state index in [0.29, 0.717) is 11.7 Å². The van der Waals surface area contributed by atoms with Crippen LogP contribution in [0.2, 0.25) is 0 Å². The van der Waals surface area contributed by atoms with E-state index >= 15 is 0 Å². The first-order chi connectivity index (χ1) is 4.70. The van der Waals surface area contributed by atoms with Crippen molar-refractivity contribution in [2.45, 2.75) is 19.8 Å². The van der Waals surface area contributed by atoms with E-state index in [2.05, 4.69) is 13.5 Å². The van der Waals surface area contributed by atoms with Gasteiger partial charge in [0.05, 0.1) is 11.0 Å². The number of nitrogens with two attached hydrogens (primary N) is 1. The molecule has 0 heterocycles. The molecule has 0 amide bonds. The molecule has 0 aliphatic heterocycles. The van der Waals surface area contributed by atoms with Gasteiger partial charge in [0.1, 0.15) is 0 Å². The Hall–Kier alpha value is -0.150. The number of hydrogen-bond donors (Lipinski definition) is 1. The van der Waals surface area contributed by atoms with Crippen molar-refractivity contribution in [3.8, 4) is 0 Å². The maximum absolute atomic E-state index is 10.5. The maximum atomic E-state index is 10.5. The Morgan fingerprint density at radius 3 is 2.70 bits per heavy atom. The third-order valence-electron chi connectivity index (χ3n) is 1.48. The smallest absolute Gasteiger partial charge is 0.0890 e. The zero-order valence-corrected chi connectivity index (χ0v) is 7.19. The summed E-state index contributed by atoms with van der Waals surface area (Å²) in [5.74, 6) is 1.05. The molecule has 3 heteroatoms. The van der Waals surface area contributed by atoms with Gasteiger partial charge in [-0.3, -0.25) is 5.14 Å². The van der Waals surface area contributed by atoms with Gasteiger partial charge in [-0.05, 0) is 12.3 Å². The normalized spacial score (nSPS) is 16.2. The molecule has 0 rings (SSSR count). The minimum absolute atomic E-state index is 0.448. The summed E-state index contributed by atoms with van der Waals surface area (Å²) in [6, 6.07) is 0. The van der Waals surface area contributed by atoms with Gasteiger partial charge in [0.2, 0.25) is 0 Å². The molecule has 2 N–H and O–H groups in total. The molecule has 0 aliphatic rings. The van der Waals surface area contributed by atoms with Crippen molar-refractivity contribution in [1.29, 1.82) is 0 Å². The average molecular weight is 161 g/mol. The van der Waals surface area contributed by atoms with E-state index in [1.54, 1.807) is 0 Å². The van der Waals surface area contributed by atoms with Crippen LogP contribution >= 0.6 is 0 Å². The van der Waals surface area contributed by atoms with Crippen LogP contribution in [0.15, 0.2) is 12.7 Å². The van der Waals surface area contributed by atoms with Crippen LogP contribution in [0.1, 0.15) is 19.8 Å². The highest BCUT2D eigenvalue weighted by Gasteiger charge is 2.05. The van der Waals surface area contributed by atoms with Crippen molar-refractivity contribution in [2.75, 3.05) is 5.75 Å². The second-order valence-electron chi connectivity index (χ2n) is 2.35. The van der Waals surface area contributed by atoms with E-state index in [9.17, 15) is 4.21 Å². The molecule has 0 aromatic carbocycles. The highest BCUT2D eigenvalue weighted by Crippen LogP contribution is 2.08. The Bertz CT molecular complexity index is 125. The average Bonchev–Trinajstić information content (AvgIpc) is 1.86. The van der Waals surface area contributed by atoms with Gasteiger partial charge in [-0.2, -0.15) is 0 Å². The molecule has 60 valence electrons. The van der Waals surface area contributed by atoms with Crippen LogP contribution in [0, 0.1) is 5.92 Å². The summed E-state index contributed by atoms with van der Waals surface area (Å²) in [6.07, 6.45) is 3.79. The first-order valence-electron chi connectivity index (χ1n) is 3.44. The summed E-state index contributed by atoms with van der Waals surface area (Å²) in [4.78, 5) is 0. The number of hydrogen-bond acceptors (Lipinski definition) is 1. The second-order valence-corrected chi connectivity index (χ2v) is 3.44. The molecule has 0 saturated heterocycles. The van der Waals surface area contributed by atoms with Gasteiger partial charge in [-0.15, -0.1) is 6.58 Å². The summed E-state index contributed by atoms with van der Waals surface area (Å²) >= 11 is 0. The van der Waals surface area contributed by atoms with E-state index in [-0.39, 0.29) is 0 Å². The summed E-state index contributed by atoms with van der Waals surface area (Å²) < 4.78 is 10.5. The van der Waals surface area contributed by atoms with Crippen LogP contribution in [-0.2, 0) is 11.0 Å². The van der Waals surface area contributed by atoms with Crippen molar-refractivity contribution in [1.82, 2.24) is 0 Å². The van der Waals surface area contributed by atoms with Crippen molar-refractivity contribution < 1.29 is 4.21 Å². The molecule has 10 heavy (non-hydrogen) atoms. The fourth-order valence-corrected chi connectivity index (χ4v) is 1.66. The zero-order valence-electron chi connectivity index (χ0n) is 6.38. The van der Waals surface area contributed by atoms with Gasteiger partial charge in [-0.25, -0.2) is 4.21 Å². The fraction of sp³-hybridized carbons (Fsp3) is 0.714. The van der Waals surface area contributed by atoms with Crippen LogP contribution in [0.25, 0.3) is 0 Å².